The number of rotatable bonds is 2. The zero-order chi connectivity index (χ0) is 10.7. The molecule has 2 rings (SSSR count). The van der Waals surface area contributed by atoms with Gasteiger partial charge < -0.3 is 9.47 Å². The average molecular weight is 210 g/mol. The summed E-state index contributed by atoms with van der Waals surface area (Å²) >= 11 is 0. The average Bonchev–Trinajstić information content (AvgIpc) is 2.26. The summed E-state index contributed by atoms with van der Waals surface area (Å²) in [5.41, 5.74) is 0. The second-order valence-corrected chi connectivity index (χ2v) is 2.89. The fraction of sp³-hybridized carbons (Fsp3) is 0.0909. The van der Waals surface area contributed by atoms with Crippen LogP contribution in [0, 0.1) is 11.6 Å². The van der Waals surface area contributed by atoms with Crippen LogP contribution in [0.25, 0.3) is 0 Å². The standard InChI is InChI=1S/C11H8F2O2/c12-8-4-3-5-9(11(8)13)15-10-6-1-2-7-14-10/h1-7,10H. The van der Waals surface area contributed by atoms with Gasteiger partial charge in [-0.2, -0.15) is 4.39 Å². The number of halogens is 2. The molecule has 1 aromatic carbocycles. The maximum Gasteiger partial charge on any atom is 0.260 e. The third kappa shape index (κ3) is 2.15. The van der Waals surface area contributed by atoms with Gasteiger partial charge in [0.05, 0.1) is 6.26 Å². The summed E-state index contributed by atoms with van der Waals surface area (Å²) in [4.78, 5) is 0. The van der Waals surface area contributed by atoms with Gasteiger partial charge >= 0.3 is 0 Å². The van der Waals surface area contributed by atoms with Gasteiger partial charge in [0.25, 0.3) is 6.29 Å². The Labute approximate surface area is 85.4 Å². The summed E-state index contributed by atoms with van der Waals surface area (Å²) in [5, 5.41) is 0. The molecule has 4 heteroatoms. The molecule has 15 heavy (non-hydrogen) atoms. The van der Waals surface area contributed by atoms with Gasteiger partial charge in [0, 0.05) is 0 Å². The minimum atomic E-state index is -1.01. The van der Waals surface area contributed by atoms with Crippen LogP contribution in [-0.4, -0.2) is 6.29 Å². The summed E-state index contributed by atoms with van der Waals surface area (Å²) in [6.45, 7) is 0. The van der Waals surface area contributed by atoms with E-state index >= 15 is 0 Å². The van der Waals surface area contributed by atoms with Crippen molar-refractivity contribution in [2.75, 3.05) is 0 Å². The Bertz CT molecular complexity index is 413. The van der Waals surface area contributed by atoms with E-state index in [2.05, 4.69) is 0 Å². The van der Waals surface area contributed by atoms with Crippen LogP contribution in [0.3, 0.4) is 0 Å². The molecule has 0 fully saturated rings. The van der Waals surface area contributed by atoms with E-state index in [-0.39, 0.29) is 5.75 Å². The number of hydrogen-bond acceptors (Lipinski definition) is 2. The van der Waals surface area contributed by atoms with Crippen LogP contribution in [0.2, 0.25) is 0 Å². The first-order valence-corrected chi connectivity index (χ1v) is 4.37. The summed E-state index contributed by atoms with van der Waals surface area (Å²) in [7, 11) is 0. The summed E-state index contributed by atoms with van der Waals surface area (Å²) < 4.78 is 36.1. The summed E-state index contributed by atoms with van der Waals surface area (Å²) in [6, 6.07) is 3.74. The molecule has 1 aliphatic heterocycles. The van der Waals surface area contributed by atoms with E-state index in [0.29, 0.717) is 0 Å². The Morgan fingerprint density at radius 3 is 2.80 bits per heavy atom. The second kappa shape index (κ2) is 4.13. The molecule has 1 aliphatic rings. The van der Waals surface area contributed by atoms with E-state index in [4.69, 9.17) is 9.47 Å². The molecule has 0 radical (unpaired) electrons. The van der Waals surface area contributed by atoms with Crippen molar-refractivity contribution in [2.24, 2.45) is 0 Å². The fourth-order valence-corrected chi connectivity index (χ4v) is 1.14. The molecule has 0 saturated carbocycles. The van der Waals surface area contributed by atoms with Crippen LogP contribution in [-0.2, 0) is 4.74 Å². The van der Waals surface area contributed by atoms with E-state index in [9.17, 15) is 8.78 Å². The Hall–Kier alpha value is -1.84. The molecule has 1 atom stereocenters. The molecule has 78 valence electrons. The van der Waals surface area contributed by atoms with Crippen LogP contribution in [0.5, 0.6) is 5.75 Å². The quantitative estimate of drug-likeness (QED) is 0.747. The molecular weight excluding hydrogens is 202 g/mol. The van der Waals surface area contributed by atoms with Crippen LogP contribution in [0.1, 0.15) is 0 Å². The number of allylic oxidation sites excluding steroid dienone is 2. The van der Waals surface area contributed by atoms with E-state index in [1.54, 1.807) is 18.2 Å². The lowest BCUT2D eigenvalue weighted by Crippen LogP contribution is -2.17. The van der Waals surface area contributed by atoms with Crippen molar-refractivity contribution in [1.29, 1.82) is 0 Å². The molecule has 0 saturated heterocycles. The highest BCUT2D eigenvalue weighted by molar-refractivity contribution is 5.25. The number of ether oxygens (including phenoxy) is 2. The predicted octanol–water partition coefficient (Wildman–Crippen LogP) is 2.77. The molecular formula is C11H8F2O2. The van der Waals surface area contributed by atoms with E-state index in [0.717, 1.165) is 6.07 Å². The fourth-order valence-electron chi connectivity index (χ4n) is 1.14. The molecule has 0 bridgehead atoms. The summed E-state index contributed by atoms with van der Waals surface area (Å²) in [5.74, 6) is -2.12. The van der Waals surface area contributed by atoms with Crippen LogP contribution in [0.4, 0.5) is 8.78 Å². The molecule has 2 nitrogen and oxygen atoms in total. The molecule has 1 unspecified atom stereocenters. The maximum atomic E-state index is 13.2. The monoisotopic (exact) mass is 210 g/mol. The Morgan fingerprint density at radius 2 is 2.07 bits per heavy atom. The van der Waals surface area contributed by atoms with Gasteiger partial charge in [0.15, 0.2) is 11.6 Å². The van der Waals surface area contributed by atoms with Gasteiger partial charge in [0.2, 0.25) is 5.82 Å². The first-order chi connectivity index (χ1) is 7.27. The Balaban J connectivity index is 2.14. The highest BCUT2D eigenvalue weighted by atomic mass is 19.2. The number of hydrogen-bond donors (Lipinski definition) is 0. The van der Waals surface area contributed by atoms with Crippen molar-refractivity contribution >= 4 is 0 Å². The van der Waals surface area contributed by atoms with Crippen molar-refractivity contribution in [3.05, 3.63) is 54.3 Å². The third-order valence-electron chi connectivity index (χ3n) is 1.83. The first-order valence-electron chi connectivity index (χ1n) is 4.37. The lowest BCUT2D eigenvalue weighted by atomic mass is 10.3. The van der Waals surface area contributed by atoms with Gasteiger partial charge in [-0.25, -0.2) is 4.39 Å². The highest BCUT2D eigenvalue weighted by Crippen LogP contribution is 2.21. The SMILES string of the molecule is Fc1cccc(OC2C=CC=CO2)c1F. The molecule has 0 aliphatic carbocycles. The zero-order valence-corrected chi connectivity index (χ0v) is 7.69. The van der Waals surface area contributed by atoms with Gasteiger partial charge in [-0.1, -0.05) is 12.1 Å². The van der Waals surface area contributed by atoms with E-state index < -0.39 is 17.9 Å². The first kappa shape index (κ1) is 9.71. The van der Waals surface area contributed by atoms with Gasteiger partial charge in [-0.3, -0.25) is 0 Å². The lowest BCUT2D eigenvalue weighted by Gasteiger charge is -2.17. The highest BCUT2D eigenvalue weighted by Gasteiger charge is 2.13. The van der Waals surface area contributed by atoms with Gasteiger partial charge in [-0.05, 0) is 24.3 Å². The van der Waals surface area contributed by atoms with E-state index in [1.807, 2.05) is 0 Å². The van der Waals surface area contributed by atoms with Crippen molar-refractivity contribution in [3.63, 3.8) is 0 Å². The van der Waals surface area contributed by atoms with Gasteiger partial charge in [0.1, 0.15) is 0 Å². The minimum absolute atomic E-state index is 0.167. The Morgan fingerprint density at radius 1 is 1.20 bits per heavy atom. The minimum Gasteiger partial charge on any atom is -0.459 e. The normalized spacial score (nSPS) is 18.7. The van der Waals surface area contributed by atoms with Gasteiger partial charge in [-0.15, -0.1) is 0 Å². The van der Waals surface area contributed by atoms with Crippen LogP contribution in [0.15, 0.2) is 42.7 Å². The molecule has 1 aromatic rings. The predicted molar refractivity (Wildman–Crippen MR) is 50.1 cm³/mol. The van der Waals surface area contributed by atoms with Crippen LogP contribution >= 0.6 is 0 Å². The molecule has 0 amide bonds. The largest absolute Gasteiger partial charge is 0.459 e. The third-order valence-corrected chi connectivity index (χ3v) is 1.83. The van der Waals surface area contributed by atoms with Crippen molar-refractivity contribution in [1.82, 2.24) is 0 Å². The molecule has 1 heterocycles. The Kier molecular flexibility index (Phi) is 2.67. The number of benzene rings is 1. The lowest BCUT2D eigenvalue weighted by molar-refractivity contribution is 0.00476. The topological polar surface area (TPSA) is 18.5 Å². The smallest absolute Gasteiger partial charge is 0.260 e. The van der Waals surface area contributed by atoms with E-state index in [1.165, 1.54) is 18.4 Å². The van der Waals surface area contributed by atoms with Crippen molar-refractivity contribution in [2.45, 2.75) is 6.29 Å². The van der Waals surface area contributed by atoms with Crippen molar-refractivity contribution in [3.8, 4) is 5.75 Å². The molecule has 0 N–H and O–H groups in total. The van der Waals surface area contributed by atoms with Crippen LogP contribution < -0.4 is 4.74 Å². The second-order valence-electron chi connectivity index (χ2n) is 2.89. The van der Waals surface area contributed by atoms with Crippen molar-refractivity contribution < 1.29 is 18.3 Å². The molecule has 0 aromatic heterocycles. The maximum absolute atomic E-state index is 13.2. The zero-order valence-electron chi connectivity index (χ0n) is 7.69. The summed E-state index contributed by atoms with van der Waals surface area (Å²) in [6.07, 6.45) is 5.66. The molecule has 0 spiro atoms.